The summed E-state index contributed by atoms with van der Waals surface area (Å²) in [5, 5.41) is 5.17. The molecule has 1 aromatic heterocycles. The SMILES string of the molecule is C1CCNCC1.CC(C)(C)OC(=O)N1CCC(c2nc3ccc(Cl)cc3s2)CC1. The van der Waals surface area contributed by atoms with Crippen molar-refractivity contribution in [3.63, 3.8) is 0 Å². The van der Waals surface area contributed by atoms with Crippen molar-refractivity contribution in [2.45, 2.75) is 64.4 Å². The first kappa shape index (κ1) is 22.3. The number of rotatable bonds is 1. The zero-order valence-corrected chi connectivity index (χ0v) is 19.2. The van der Waals surface area contributed by atoms with Gasteiger partial charge in [0.25, 0.3) is 0 Å². The van der Waals surface area contributed by atoms with Crippen LogP contribution in [0.25, 0.3) is 10.2 Å². The number of halogens is 1. The van der Waals surface area contributed by atoms with Gasteiger partial charge >= 0.3 is 6.09 Å². The number of hydrogen-bond acceptors (Lipinski definition) is 5. The van der Waals surface area contributed by atoms with Crippen molar-refractivity contribution in [1.29, 1.82) is 0 Å². The van der Waals surface area contributed by atoms with Gasteiger partial charge in [0, 0.05) is 24.0 Å². The molecule has 2 aliphatic rings. The molecular weight excluding hydrogens is 406 g/mol. The van der Waals surface area contributed by atoms with Crippen molar-refractivity contribution in [3.05, 3.63) is 28.2 Å². The molecule has 0 unspecified atom stereocenters. The monoisotopic (exact) mass is 437 g/mol. The highest BCUT2D eigenvalue weighted by atomic mass is 35.5. The van der Waals surface area contributed by atoms with Gasteiger partial charge in [0.15, 0.2) is 0 Å². The van der Waals surface area contributed by atoms with E-state index in [-0.39, 0.29) is 6.09 Å². The first-order valence-corrected chi connectivity index (χ1v) is 11.8. The molecule has 2 saturated heterocycles. The maximum Gasteiger partial charge on any atom is 0.410 e. The Labute approximate surface area is 182 Å². The fourth-order valence-corrected chi connectivity index (χ4v) is 4.94. The molecule has 29 heavy (non-hydrogen) atoms. The topological polar surface area (TPSA) is 54.5 Å². The molecule has 7 heteroatoms. The third-order valence-corrected chi connectivity index (χ3v) is 6.49. The van der Waals surface area contributed by atoms with Gasteiger partial charge in [0.05, 0.1) is 15.2 Å². The maximum absolute atomic E-state index is 12.1. The summed E-state index contributed by atoms with van der Waals surface area (Å²) in [6.45, 7) is 9.62. The zero-order chi connectivity index (χ0) is 20.9. The summed E-state index contributed by atoms with van der Waals surface area (Å²) in [5.41, 5.74) is 0.559. The number of hydrogen-bond donors (Lipinski definition) is 1. The number of ether oxygens (including phenoxy) is 1. The van der Waals surface area contributed by atoms with Crippen molar-refractivity contribution < 1.29 is 9.53 Å². The maximum atomic E-state index is 12.1. The van der Waals surface area contributed by atoms with Crippen LogP contribution in [0.1, 0.15) is 63.8 Å². The van der Waals surface area contributed by atoms with Crippen LogP contribution in [0, 0.1) is 0 Å². The van der Waals surface area contributed by atoms with Gasteiger partial charge in [-0.3, -0.25) is 0 Å². The average molecular weight is 438 g/mol. The van der Waals surface area contributed by atoms with E-state index in [1.165, 1.54) is 32.4 Å². The molecule has 0 spiro atoms. The smallest absolute Gasteiger partial charge is 0.410 e. The van der Waals surface area contributed by atoms with Crippen LogP contribution in [0.5, 0.6) is 0 Å². The Morgan fingerprint density at radius 2 is 1.90 bits per heavy atom. The van der Waals surface area contributed by atoms with Crippen LogP contribution < -0.4 is 5.32 Å². The molecule has 5 nitrogen and oxygen atoms in total. The molecule has 1 N–H and O–H groups in total. The molecule has 160 valence electrons. The van der Waals surface area contributed by atoms with Crippen molar-refractivity contribution in [2.75, 3.05) is 26.2 Å². The summed E-state index contributed by atoms with van der Waals surface area (Å²) >= 11 is 7.75. The Kier molecular flexibility index (Phi) is 7.77. The summed E-state index contributed by atoms with van der Waals surface area (Å²) in [7, 11) is 0. The first-order chi connectivity index (χ1) is 13.8. The number of benzene rings is 1. The van der Waals surface area contributed by atoms with E-state index < -0.39 is 5.60 Å². The van der Waals surface area contributed by atoms with Gasteiger partial charge in [-0.25, -0.2) is 9.78 Å². The van der Waals surface area contributed by atoms with E-state index in [4.69, 9.17) is 21.3 Å². The quantitative estimate of drug-likeness (QED) is 0.610. The lowest BCUT2D eigenvalue weighted by Crippen LogP contribution is -2.41. The van der Waals surface area contributed by atoms with Crippen molar-refractivity contribution >= 4 is 39.2 Å². The fourth-order valence-electron chi connectivity index (χ4n) is 3.53. The summed E-state index contributed by atoms with van der Waals surface area (Å²) < 4.78 is 6.57. The van der Waals surface area contributed by atoms with Crippen molar-refractivity contribution in [1.82, 2.24) is 15.2 Å². The summed E-state index contributed by atoms with van der Waals surface area (Å²) in [4.78, 5) is 18.6. The summed E-state index contributed by atoms with van der Waals surface area (Å²) in [6, 6.07) is 5.81. The molecule has 2 aromatic rings. The normalized spacial score (nSPS) is 18.3. The number of carbonyl (C=O) groups excluding carboxylic acids is 1. The molecule has 1 aromatic carbocycles. The molecule has 0 bridgehead atoms. The van der Waals surface area contributed by atoms with Crippen LogP contribution in [0.3, 0.4) is 0 Å². The lowest BCUT2D eigenvalue weighted by Gasteiger charge is -2.32. The molecule has 4 rings (SSSR count). The van der Waals surface area contributed by atoms with E-state index in [9.17, 15) is 4.79 Å². The fraction of sp³-hybridized carbons (Fsp3) is 0.636. The van der Waals surface area contributed by atoms with E-state index in [0.717, 1.165) is 46.2 Å². The summed E-state index contributed by atoms with van der Waals surface area (Å²) in [5.74, 6) is 0.407. The van der Waals surface area contributed by atoms with Crippen LogP contribution in [0.15, 0.2) is 18.2 Å². The minimum Gasteiger partial charge on any atom is -0.444 e. The number of likely N-dealkylation sites (tertiary alicyclic amines) is 1. The van der Waals surface area contributed by atoms with Crippen molar-refractivity contribution in [2.24, 2.45) is 0 Å². The van der Waals surface area contributed by atoms with E-state index in [1.807, 2.05) is 39.0 Å². The number of thiazole rings is 1. The minimum absolute atomic E-state index is 0.216. The molecule has 0 saturated carbocycles. The lowest BCUT2D eigenvalue weighted by molar-refractivity contribution is 0.0205. The second-order valence-electron chi connectivity index (χ2n) is 8.72. The second kappa shape index (κ2) is 10.1. The highest BCUT2D eigenvalue weighted by molar-refractivity contribution is 7.18. The lowest BCUT2D eigenvalue weighted by atomic mass is 9.98. The molecule has 0 atom stereocenters. The highest BCUT2D eigenvalue weighted by Crippen LogP contribution is 2.35. The van der Waals surface area contributed by atoms with E-state index >= 15 is 0 Å². The Morgan fingerprint density at radius 3 is 2.45 bits per heavy atom. The Hall–Kier alpha value is -1.37. The number of carbonyl (C=O) groups is 1. The average Bonchev–Trinajstić information content (AvgIpc) is 3.12. The highest BCUT2D eigenvalue weighted by Gasteiger charge is 2.28. The number of amides is 1. The molecule has 0 aliphatic carbocycles. The van der Waals surface area contributed by atoms with Gasteiger partial charge in [-0.05, 0) is 77.7 Å². The van der Waals surface area contributed by atoms with Crippen LogP contribution in [-0.2, 0) is 4.74 Å². The largest absolute Gasteiger partial charge is 0.444 e. The van der Waals surface area contributed by atoms with Crippen LogP contribution >= 0.6 is 22.9 Å². The molecule has 1 amide bonds. The number of piperidine rings is 2. The number of nitrogens with zero attached hydrogens (tertiary/aromatic N) is 2. The second-order valence-corrected chi connectivity index (χ2v) is 10.2. The first-order valence-electron chi connectivity index (χ1n) is 10.6. The third kappa shape index (κ3) is 6.83. The van der Waals surface area contributed by atoms with Crippen LogP contribution in [0.2, 0.25) is 5.02 Å². The number of aromatic nitrogens is 1. The zero-order valence-electron chi connectivity index (χ0n) is 17.7. The Balaban J connectivity index is 0.000000343. The summed E-state index contributed by atoms with van der Waals surface area (Å²) in [6.07, 6.45) is 5.85. The predicted molar refractivity (Wildman–Crippen MR) is 121 cm³/mol. The minimum atomic E-state index is -0.444. The molecule has 0 radical (unpaired) electrons. The predicted octanol–water partition coefficient (Wildman–Crippen LogP) is 5.82. The van der Waals surface area contributed by atoms with Crippen LogP contribution in [0.4, 0.5) is 4.79 Å². The van der Waals surface area contributed by atoms with Gasteiger partial charge in [0.2, 0.25) is 0 Å². The molecule has 2 aliphatic heterocycles. The number of fused-ring (bicyclic) bond motifs is 1. The van der Waals surface area contributed by atoms with E-state index in [0.29, 0.717) is 5.92 Å². The standard InChI is InChI=1S/C17H21ClN2O2S.C5H11N/c1-17(2,3)22-16(21)20-8-6-11(7-9-20)15-19-13-5-4-12(18)10-14(13)23-15;1-2-4-6-5-3-1/h4-5,10-11H,6-9H2,1-3H3;6H,1-5H2. The number of nitrogens with one attached hydrogen (secondary N) is 1. The molecule has 3 heterocycles. The third-order valence-electron chi connectivity index (χ3n) is 5.07. The molecular formula is C22H32ClN3O2S. The Morgan fingerprint density at radius 1 is 1.21 bits per heavy atom. The van der Waals surface area contributed by atoms with Gasteiger partial charge in [0.1, 0.15) is 5.60 Å². The van der Waals surface area contributed by atoms with E-state index in [2.05, 4.69) is 5.32 Å². The van der Waals surface area contributed by atoms with E-state index in [1.54, 1.807) is 16.2 Å². The van der Waals surface area contributed by atoms with Gasteiger partial charge in [-0.15, -0.1) is 11.3 Å². The Bertz CT molecular complexity index is 794. The molecule has 2 fully saturated rings. The van der Waals surface area contributed by atoms with Gasteiger partial charge in [-0.2, -0.15) is 0 Å². The van der Waals surface area contributed by atoms with Gasteiger partial charge in [-0.1, -0.05) is 18.0 Å². The van der Waals surface area contributed by atoms with Gasteiger partial charge < -0.3 is 15.0 Å². The van der Waals surface area contributed by atoms with Crippen LogP contribution in [-0.4, -0.2) is 47.8 Å². The van der Waals surface area contributed by atoms with Crippen molar-refractivity contribution in [3.8, 4) is 0 Å².